The molecule has 4 heterocycles. The third-order valence-electron chi connectivity index (χ3n) is 8.17. The van der Waals surface area contributed by atoms with Crippen molar-refractivity contribution < 1.29 is 8.78 Å². The summed E-state index contributed by atoms with van der Waals surface area (Å²) in [4.78, 5) is 11.4. The topological polar surface area (TPSA) is 33.4 Å². The van der Waals surface area contributed by atoms with Crippen LogP contribution in [0.15, 0.2) is 67.0 Å². The van der Waals surface area contributed by atoms with Gasteiger partial charge in [0.1, 0.15) is 17.0 Å². The fourth-order valence-corrected chi connectivity index (χ4v) is 6.06. The number of aryl methyl sites for hydroxylation is 1. The Hall–Kier alpha value is -3.80. The molecule has 3 aromatic heterocycles. The summed E-state index contributed by atoms with van der Waals surface area (Å²) in [6.45, 7) is 4.15. The third kappa shape index (κ3) is 3.39. The first kappa shape index (κ1) is 21.5. The van der Waals surface area contributed by atoms with Crippen LogP contribution in [0.5, 0.6) is 0 Å². The molecule has 1 saturated heterocycles. The first-order valence-electron chi connectivity index (χ1n) is 12.6. The molecule has 0 radical (unpaired) electrons. The molecule has 0 amide bonds. The highest BCUT2D eigenvalue weighted by Crippen LogP contribution is 2.49. The van der Waals surface area contributed by atoms with Gasteiger partial charge in [-0.15, -0.1) is 0 Å². The van der Waals surface area contributed by atoms with Crippen LogP contribution in [0.3, 0.4) is 0 Å². The highest BCUT2D eigenvalue weighted by Gasteiger charge is 2.42. The van der Waals surface area contributed by atoms with Gasteiger partial charge in [0.2, 0.25) is 0 Å². The number of aromatic nitrogens is 3. The summed E-state index contributed by atoms with van der Waals surface area (Å²) in [5.41, 5.74) is 7.17. The van der Waals surface area contributed by atoms with Gasteiger partial charge in [0, 0.05) is 47.7 Å². The maximum atomic E-state index is 14.5. The number of hydrogen-bond acceptors (Lipinski definition) is 3. The van der Waals surface area contributed by atoms with Gasteiger partial charge in [-0.25, -0.2) is 18.7 Å². The Balaban J connectivity index is 1.23. The van der Waals surface area contributed by atoms with Crippen molar-refractivity contribution in [1.82, 2.24) is 14.4 Å². The summed E-state index contributed by atoms with van der Waals surface area (Å²) in [5.74, 6) is -1.28. The van der Waals surface area contributed by atoms with Gasteiger partial charge in [-0.05, 0) is 79.1 Å². The SMILES string of the molecule is Cc1cc(-c2cnc3cc(-c4ccc(N5CCC6(CCC6)C5)cc4)ccn23)c2cc(F)cc(F)c2n1. The second kappa shape index (κ2) is 7.85. The molecule has 2 aliphatic rings. The zero-order valence-corrected chi connectivity index (χ0v) is 20.1. The van der Waals surface area contributed by atoms with Crippen LogP contribution in [0.2, 0.25) is 0 Å². The van der Waals surface area contributed by atoms with E-state index in [1.54, 1.807) is 6.20 Å². The second-order valence-electron chi connectivity index (χ2n) is 10.5. The maximum absolute atomic E-state index is 14.5. The average molecular weight is 481 g/mol. The highest BCUT2D eigenvalue weighted by atomic mass is 19.1. The van der Waals surface area contributed by atoms with E-state index in [-0.39, 0.29) is 5.52 Å². The van der Waals surface area contributed by atoms with Crippen molar-refractivity contribution in [3.63, 3.8) is 0 Å². The first-order valence-corrected chi connectivity index (χ1v) is 12.6. The van der Waals surface area contributed by atoms with Crippen molar-refractivity contribution in [2.75, 3.05) is 18.0 Å². The number of hydrogen-bond donors (Lipinski definition) is 0. The van der Waals surface area contributed by atoms with Crippen LogP contribution >= 0.6 is 0 Å². The molecule has 7 rings (SSSR count). The van der Waals surface area contributed by atoms with Crippen LogP contribution in [0, 0.1) is 24.0 Å². The number of nitrogens with zero attached hydrogens (tertiary/aromatic N) is 4. The summed E-state index contributed by atoms with van der Waals surface area (Å²) in [7, 11) is 0. The van der Waals surface area contributed by atoms with Crippen LogP contribution < -0.4 is 4.90 Å². The predicted molar refractivity (Wildman–Crippen MR) is 139 cm³/mol. The van der Waals surface area contributed by atoms with Gasteiger partial charge in [-0.2, -0.15) is 0 Å². The van der Waals surface area contributed by atoms with E-state index in [2.05, 4.69) is 51.3 Å². The Morgan fingerprint density at radius 1 is 0.917 bits per heavy atom. The zero-order chi connectivity index (χ0) is 24.4. The molecule has 0 N–H and O–H groups in total. The molecule has 5 aromatic rings. The van der Waals surface area contributed by atoms with Crippen LogP contribution in [0.1, 0.15) is 31.4 Å². The highest BCUT2D eigenvalue weighted by molar-refractivity contribution is 5.94. The monoisotopic (exact) mass is 480 g/mol. The Morgan fingerprint density at radius 2 is 1.75 bits per heavy atom. The molecule has 1 saturated carbocycles. The summed E-state index contributed by atoms with van der Waals surface area (Å²) < 4.78 is 30.5. The number of imidazole rings is 1. The smallest absolute Gasteiger partial charge is 0.152 e. The van der Waals surface area contributed by atoms with E-state index in [1.165, 1.54) is 44.0 Å². The maximum Gasteiger partial charge on any atom is 0.152 e. The normalized spacial score (nSPS) is 16.8. The molecular weight excluding hydrogens is 454 g/mol. The quantitative estimate of drug-likeness (QED) is 0.274. The van der Waals surface area contributed by atoms with E-state index >= 15 is 0 Å². The lowest BCUT2D eigenvalue weighted by Gasteiger charge is -2.38. The molecular formula is C30H26F2N4. The molecule has 2 fully saturated rings. The predicted octanol–water partition coefficient (Wildman–Crippen LogP) is 7.18. The van der Waals surface area contributed by atoms with Gasteiger partial charge in [0.25, 0.3) is 0 Å². The molecule has 1 spiro atoms. The first-order chi connectivity index (χ1) is 17.5. The number of halogens is 2. The van der Waals surface area contributed by atoms with Gasteiger partial charge in [-0.1, -0.05) is 18.6 Å². The molecule has 4 nitrogen and oxygen atoms in total. The number of fused-ring (bicyclic) bond motifs is 2. The zero-order valence-electron chi connectivity index (χ0n) is 20.1. The average Bonchev–Trinajstić information content (AvgIpc) is 3.49. The van der Waals surface area contributed by atoms with Gasteiger partial charge < -0.3 is 4.90 Å². The van der Waals surface area contributed by atoms with Crippen molar-refractivity contribution in [2.24, 2.45) is 5.41 Å². The van der Waals surface area contributed by atoms with Crippen molar-refractivity contribution in [3.8, 4) is 22.4 Å². The Bertz CT molecular complexity index is 1630. The molecule has 2 aromatic carbocycles. The lowest BCUT2D eigenvalue weighted by molar-refractivity contribution is 0.165. The number of rotatable bonds is 3. The number of benzene rings is 2. The lowest BCUT2D eigenvalue weighted by Crippen LogP contribution is -2.33. The van der Waals surface area contributed by atoms with E-state index in [0.717, 1.165) is 35.1 Å². The minimum absolute atomic E-state index is 0.166. The van der Waals surface area contributed by atoms with E-state index in [4.69, 9.17) is 0 Å². The molecule has 180 valence electrons. The Labute approximate surface area is 208 Å². The largest absolute Gasteiger partial charge is 0.371 e. The molecule has 1 aliphatic carbocycles. The molecule has 0 atom stereocenters. The minimum atomic E-state index is -0.661. The van der Waals surface area contributed by atoms with Crippen molar-refractivity contribution in [3.05, 3.63) is 84.3 Å². The summed E-state index contributed by atoms with van der Waals surface area (Å²) in [5, 5.41) is 0.435. The van der Waals surface area contributed by atoms with Crippen molar-refractivity contribution in [2.45, 2.75) is 32.6 Å². The molecule has 36 heavy (non-hydrogen) atoms. The Morgan fingerprint density at radius 3 is 2.50 bits per heavy atom. The Kier molecular flexibility index (Phi) is 4.69. The van der Waals surface area contributed by atoms with Gasteiger partial charge in [-0.3, -0.25) is 4.40 Å². The van der Waals surface area contributed by atoms with E-state index in [0.29, 0.717) is 22.1 Å². The fourth-order valence-electron chi connectivity index (χ4n) is 6.06. The van der Waals surface area contributed by atoms with E-state index in [1.807, 2.05) is 23.6 Å². The summed E-state index contributed by atoms with van der Waals surface area (Å²) >= 11 is 0. The number of anilines is 1. The number of pyridine rings is 2. The van der Waals surface area contributed by atoms with E-state index < -0.39 is 11.6 Å². The van der Waals surface area contributed by atoms with Crippen molar-refractivity contribution in [1.29, 1.82) is 0 Å². The van der Waals surface area contributed by atoms with Crippen LogP contribution in [-0.2, 0) is 0 Å². The fraction of sp³-hybridized carbons (Fsp3) is 0.267. The van der Waals surface area contributed by atoms with Crippen LogP contribution in [0.4, 0.5) is 14.5 Å². The van der Waals surface area contributed by atoms with Gasteiger partial charge in [0.15, 0.2) is 5.82 Å². The molecule has 6 heteroatoms. The van der Waals surface area contributed by atoms with Crippen LogP contribution in [-0.4, -0.2) is 27.5 Å². The second-order valence-corrected chi connectivity index (χ2v) is 10.5. The van der Waals surface area contributed by atoms with Crippen LogP contribution in [0.25, 0.3) is 38.9 Å². The lowest BCUT2D eigenvalue weighted by atomic mass is 9.68. The molecule has 0 bridgehead atoms. The van der Waals surface area contributed by atoms with Crippen molar-refractivity contribution >= 4 is 22.2 Å². The summed E-state index contributed by atoms with van der Waals surface area (Å²) in [6.07, 6.45) is 9.19. The minimum Gasteiger partial charge on any atom is -0.371 e. The molecule has 0 unspecified atom stereocenters. The third-order valence-corrected chi connectivity index (χ3v) is 8.17. The van der Waals surface area contributed by atoms with E-state index in [9.17, 15) is 8.78 Å². The molecule has 1 aliphatic heterocycles. The standard InChI is InChI=1S/C30H26F2N4/c1-19-13-24(25-15-22(31)16-26(32)29(25)34-19)27-17-33-28-14-21(7-11-36(27)28)20-3-5-23(6-4-20)35-12-10-30(18-35)8-2-9-30/h3-7,11,13-17H,2,8-10,12,18H2,1H3. The van der Waals surface area contributed by atoms with Gasteiger partial charge >= 0.3 is 0 Å². The summed E-state index contributed by atoms with van der Waals surface area (Å²) in [6, 6.07) is 17.0. The van der Waals surface area contributed by atoms with Gasteiger partial charge in [0.05, 0.1) is 11.9 Å².